The largest absolute Gasteiger partial charge is 0.496 e. The second kappa shape index (κ2) is 12.6. The van der Waals surface area contributed by atoms with E-state index in [2.05, 4.69) is 29.4 Å². The topological polar surface area (TPSA) is 78.3 Å². The molecule has 3 aromatic rings. The summed E-state index contributed by atoms with van der Waals surface area (Å²) in [6.07, 6.45) is 1.01. The Kier molecular flexibility index (Phi) is 9.60. The van der Waals surface area contributed by atoms with E-state index in [4.69, 9.17) is 21.1 Å². The highest BCUT2D eigenvalue weighted by molar-refractivity contribution is 7.99. The average Bonchev–Trinajstić information content (AvgIpc) is 3.24. The SMILES string of the molecule is COc1ccccc1-c1nnc(SCC(=O)NCCOCCC(C)C)n1-c1ccc(Cl)cc1. The number of methoxy groups -OCH3 is 1. The number of halogens is 1. The first-order chi connectivity index (χ1) is 16.0. The number of ether oxygens (including phenoxy) is 2. The number of hydrogen-bond acceptors (Lipinski definition) is 6. The molecule has 1 N–H and O–H groups in total. The highest BCUT2D eigenvalue weighted by Crippen LogP contribution is 2.33. The van der Waals surface area contributed by atoms with Crippen LogP contribution in [0.5, 0.6) is 5.75 Å². The minimum absolute atomic E-state index is 0.0862. The van der Waals surface area contributed by atoms with Crippen molar-refractivity contribution in [2.75, 3.05) is 32.6 Å². The third-order valence-electron chi connectivity index (χ3n) is 4.81. The van der Waals surface area contributed by atoms with E-state index in [1.54, 1.807) is 7.11 Å². The summed E-state index contributed by atoms with van der Waals surface area (Å²) in [6, 6.07) is 15.0. The van der Waals surface area contributed by atoms with Crippen molar-refractivity contribution in [1.82, 2.24) is 20.1 Å². The molecule has 0 saturated heterocycles. The molecule has 176 valence electrons. The van der Waals surface area contributed by atoms with Crippen LogP contribution < -0.4 is 10.1 Å². The summed E-state index contributed by atoms with van der Waals surface area (Å²) < 4.78 is 13.0. The van der Waals surface area contributed by atoms with Crippen LogP contribution in [0.4, 0.5) is 0 Å². The summed E-state index contributed by atoms with van der Waals surface area (Å²) in [5.41, 5.74) is 1.64. The Labute approximate surface area is 203 Å². The van der Waals surface area contributed by atoms with Crippen LogP contribution in [0, 0.1) is 5.92 Å². The van der Waals surface area contributed by atoms with Crippen molar-refractivity contribution in [3.05, 3.63) is 53.6 Å². The molecular weight excluding hydrogens is 460 g/mol. The highest BCUT2D eigenvalue weighted by Gasteiger charge is 2.19. The Morgan fingerprint density at radius 2 is 1.88 bits per heavy atom. The molecule has 0 bridgehead atoms. The van der Waals surface area contributed by atoms with Gasteiger partial charge < -0.3 is 14.8 Å². The van der Waals surface area contributed by atoms with E-state index in [0.717, 1.165) is 17.7 Å². The molecule has 1 heterocycles. The Hall–Kier alpha value is -2.55. The van der Waals surface area contributed by atoms with Crippen molar-refractivity contribution in [3.63, 3.8) is 0 Å². The van der Waals surface area contributed by atoms with Gasteiger partial charge in [-0.3, -0.25) is 9.36 Å². The molecule has 33 heavy (non-hydrogen) atoms. The van der Waals surface area contributed by atoms with Gasteiger partial charge >= 0.3 is 0 Å². The first-order valence-electron chi connectivity index (χ1n) is 10.8. The van der Waals surface area contributed by atoms with Crippen LogP contribution in [0.2, 0.25) is 5.02 Å². The van der Waals surface area contributed by atoms with E-state index in [0.29, 0.717) is 47.4 Å². The molecule has 0 aliphatic heterocycles. The number of amides is 1. The van der Waals surface area contributed by atoms with E-state index in [9.17, 15) is 4.79 Å². The molecule has 2 aromatic carbocycles. The van der Waals surface area contributed by atoms with Crippen LogP contribution in [0.25, 0.3) is 17.1 Å². The Morgan fingerprint density at radius 3 is 2.61 bits per heavy atom. The molecule has 0 unspecified atom stereocenters. The molecule has 0 aliphatic carbocycles. The van der Waals surface area contributed by atoms with E-state index < -0.39 is 0 Å². The zero-order chi connectivity index (χ0) is 23.6. The third kappa shape index (κ3) is 7.22. The van der Waals surface area contributed by atoms with E-state index in [1.807, 2.05) is 53.1 Å². The highest BCUT2D eigenvalue weighted by atomic mass is 35.5. The van der Waals surface area contributed by atoms with Crippen LogP contribution in [0.3, 0.4) is 0 Å². The second-order valence-corrected chi connectivity index (χ2v) is 9.13. The lowest BCUT2D eigenvalue weighted by molar-refractivity contribution is -0.118. The van der Waals surface area contributed by atoms with Gasteiger partial charge in [0.05, 0.1) is 25.0 Å². The Balaban J connectivity index is 1.71. The van der Waals surface area contributed by atoms with Gasteiger partial charge in [-0.1, -0.05) is 49.3 Å². The molecular formula is C24H29ClN4O3S. The number of carbonyl (C=O) groups excluding carboxylic acids is 1. The molecule has 0 saturated carbocycles. The maximum absolute atomic E-state index is 12.3. The number of nitrogens with zero attached hydrogens (tertiary/aromatic N) is 3. The quantitative estimate of drug-likeness (QED) is 0.289. The van der Waals surface area contributed by atoms with Crippen molar-refractivity contribution in [2.45, 2.75) is 25.4 Å². The molecule has 9 heteroatoms. The van der Waals surface area contributed by atoms with Crippen LogP contribution >= 0.6 is 23.4 Å². The standard InChI is InChI=1S/C24H29ClN4O3S/c1-17(2)12-14-32-15-13-26-22(30)16-33-24-28-27-23(20-6-4-5-7-21(20)31-3)29(24)19-10-8-18(25)9-11-19/h4-11,17H,12-16H2,1-3H3,(H,26,30). The van der Waals surface area contributed by atoms with Gasteiger partial charge in [0.1, 0.15) is 5.75 Å². The summed E-state index contributed by atoms with van der Waals surface area (Å²) in [4.78, 5) is 12.3. The minimum Gasteiger partial charge on any atom is -0.496 e. The summed E-state index contributed by atoms with van der Waals surface area (Å²) in [5, 5.41) is 12.9. The lowest BCUT2D eigenvalue weighted by Crippen LogP contribution is -2.29. The number of para-hydroxylation sites is 1. The molecule has 0 spiro atoms. The van der Waals surface area contributed by atoms with Crippen molar-refractivity contribution in [3.8, 4) is 22.8 Å². The summed E-state index contributed by atoms with van der Waals surface area (Å²) >= 11 is 7.40. The normalized spacial score (nSPS) is 11.1. The van der Waals surface area contributed by atoms with Crippen LogP contribution in [0.15, 0.2) is 53.7 Å². The Bertz CT molecular complexity index is 1040. The summed E-state index contributed by atoms with van der Waals surface area (Å²) in [7, 11) is 1.62. The van der Waals surface area contributed by atoms with Gasteiger partial charge in [0.25, 0.3) is 0 Å². The first-order valence-corrected chi connectivity index (χ1v) is 12.2. The van der Waals surface area contributed by atoms with E-state index in [-0.39, 0.29) is 11.7 Å². The van der Waals surface area contributed by atoms with Crippen LogP contribution in [-0.2, 0) is 9.53 Å². The molecule has 7 nitrogen and oxygen atoms in total. The van der Waals surface area contributed by atoms with Crippen molar-refractivity contribution in [1.29, 1.82) is 0 Å². The van der Waals surface area contributed by atoms with Gasteiger partial charge in [-0.15, -0.1) is 10.2 Å². The molecule has 1 amide bonds. The first kappa shape index (κ1) is 25.1. The number of rotatable bonds is 12. The number of aromatic nitrogens is 3. The lowest BCUT2D eigenvalue weighted by Gasteiger charge is -2.12. The molecule has 0 fully saturated rings. The van der Waals surface area contributed by atoms with Gasteiger partial charge in [0.15, 0.2) is 11.0 Å². The molecule has 3 rings (SSSR count). The van der Waals surface area contributed by atoms with Crippen LogP contribution in [-0.4, -0.2) is 53.3 Å². The number of hydrogen-bond donors (Lipinski definition) is 1. The fourth-order valence-corrected chi connectivity index (χ4v) is 3.96. The summed E-state index contributed by atoms with van der Waals surface area (Å²) in [6.45, 7) is 6.00. The maximum atomic E-state index is 12.3. The van der Waals surface area contributed by atoms with Gasteiger partial charge in [-0.05, 0) is 48.7 Å². The predicted molar refractivity (Wildman–Crippen MR) is 132 cm³/mol. The molecule has 0 aliphatic rings. The Morgan fingerprint density at radius 1 is 1.12 bits per heavy atom. The zero-order valence-corrected chi connectivity index (χ0v) is 20.7. The zero-order valence-electron chi connectivity index (χ0n) is 19.1. The smallest absolute Gasteiger partial charge is 0.230 e. The average molecular weight is 489 g/mol. The van der Waals surface area contributed by atoms with E-state index in [1.165, 1.54) is 11.8 Å². The van der Waals surface area contributed by atoms with Gasteiger partial charge in [-0.2, -0.15) is 0 Å². The maximum Gasteiger partial charge on any atom is 0.230 e. The summed E-state index contributed by atoms with van der Waals surface area (Å²) in [5.74, 6) is 2.04. The van der Waals surface area contributed by atoms with Gasteiger partial charge in [0.2, 0.25) is 5.91 Å². The van der Waals surface area contributed by atoms with E-state index >= 15 is 0 Å². The fraction of sp³-hybridized carbons (Fsp3) is 0.375. The fourth-order valence-electron chi connectivity index (χ4n) is 3.06. The monoisotopic (exact) mass is 488 g/mol. The van der Waals surface area contributed by atoms with Crippen LogP contribution in [0.1, 0.15) is 20.3 Å². The third-order valence-corrected chi connectivity index (χ3v) is 5.99. The van der Waals surface area contributed by atoms with Crippen molar-refractivity contribution >= 4 is 29.3 Å². The molecule has 0 atom stereocenters. The second-order valence-electron chi connectivity index (χ2n) is 7.75. The molecule has 0 radical (unpaired) electrons. The molecule has 1 aromatic heterocycles. The van der Waals surface area contributed by atoms with Gasteiger partial charge in [-0.25, -0.2) is 0 Å². The number of carbonyl (C=O) groups is 1. The number of nitrogens with one attached hydrogen (secondary N) is 1. The van der Waals surface area contributed by atoms with Crippen molar-refractivity contribution in [2.24, 2.45) is 5.92 Å². The minimum atomic E-state index is -0.0862. The number of thioether (sulfide) groups is 1. The lowest BCUT2D eigenvalue weighted by atomic mass is 10.1. The van der Waals surface area contributed by atoms with Crippen molar-refractivity contribution < 1.29 is 14.3 Å². The van der Waals surface area contributed by atoms with Gasteiger partial charge in [0, 0.05) is 23.9 Å². The predicted octanol–water partition coefficient (Wildman–Crippen LogP) is 4.87. The number of benzene rings is 2.